The van der Waals surface area contributed by atoms with Gasteiger partial charge in [-0.15, -0.1) is 0 Å². The lowest BCUT2D eigenvalue weighted by Crippen LogP contribution is -1.85. The number of hydrogen-bond donors (Lipinski definition) is 0. The second-order valence-electron chi connectivity index (χ2n) is 7.18. The topological polar surface area (TPSA) is 0 Å². The highest BCUT2D eigenvalue weighted by molar-refractivity contribution is 5.42. The summed E-state index contributed by atoms with van der Waals surface area (Å²) in [6.07, 6.45) is 13.6. The molecule has 2 rings (SSSR count). The van der Waals surface area contributed by atoms with Crippen LogP contribution < -0.4 is 0 Å². The molecule has 0 unspecified atom stereocenters. The summed E-state index contributed by atoms with van der Waals surface area (Å²) in [6.45, 7) is 4.48. The second-order valence-corrected chi connectivity index (χ2v) is 7.18. The van der Waals surface area contributed by atoms with E-state index in [4.69, 9.17) is 0 Å². The van der Waals surface area contributed by atoms with Crippen LogP contribution in [0.1, 0.15) is 74.6 Å². The van der Waals surface area contributed by atoms with E-state index in [0.717, 1.165) is 24.0 Å². The van der Waals surface area contributed by atoms with Crippen molar-refractivity contribution in [2.24, 2.45) is 0 Å². The number of hydrogen-bond acceptors (Lipinski definition) is 0. The van der Waals surface area contributed by atoms with Crippen LogP contribution in [-0.2, 0) is 12.8 Å². The molecule has 0 radical (unpaired) electrons. The number of benzene rings is 2. The highest BCUT2D eigenvalue weighted by atomic mass is 14.0. The minimum absolute atomic E-state index is 1.05. The van der Waals surface area contributed by atoms with Crippen molar-refractivity contribution in [3.05, 3.63) is 82.9 Å². The molecule has 0 saturated heterocycles. The van der Waals surface area contributed by atoms with Gasteiger partial charge in [0.05, 0.1) is 0 Å². The zero-order chi connectivity index (χ0) is 19.9. The Bertz CT molecular complexity index is 754. The van der Waals surface area contributed by atoms with Crippen LogP contribution in [0.15, 0.2) is 60.7 Å². The third kappa shape index (κ3) is 8.79. The molecule has 0 bridgehead atoms. The van der Waals surface area contributed by atoms with Gasteiger partial charge in [-0.05, 0) is 73.2 Å². The van der Waals surface area contributed by atoms with E-state index in [2.05, 4.69) is 86.1 Å². The smallest absolute Gasteiger partial charge is 0.0249 e. The van der Waals surface area contributed by atoms with Crippen molar-refractivity contribution in [3.8, 4) is 23.7 Å². The summed E-state index contributed by atoms with van der Waals surface area (Å²) in [5, 5.41) is 0. The third-order valence-corrected chi connectivity index (χ3v) is 4.73. The van der Waals surface area contributed by atoms with Crippen molar-refractivity contribution in [1.29, 1.82) is 0 Å². The lowest BCUT2D eigenvalue weighted by molar-refractivity contribution is 0.717. The maximum atomic E-state index is 3.17. The molecule has 0 aliphatic rings. The van der Waals surface area contributed by atoms with Crippen LogP contribution >= 0.6 is 0 Å². The Morgan fingerprint density at radius 1 is 0.571 bits per heavy atom. The van der Waals surface area contributed by atoms with Crippen molar-refractivity contribution in [2.75, 3.05) is 0 Å². The van der Waals surface area contributed by atoms with Crippen molar-refractivity contribution in [2.45, 2.75) is 65.2 Å². The molecule has 0 aliphatic heterocycles. The van der Waals surface area contributed by atoms with Gasteiger partial charge < -0.3 is 0 Å². The molecule has 0 heterocycles. The molecule has 2 aromatic rings. The molecule has 0 nitrogen and oxygen atoms in total. The van der Waals surface area contributed by atoms with Gasteiger partial charge in [-0.1, -0.05) is 87.5 Å². The summed E-state index contributed by atoms with van der Waals surface area (Å²) in [4.78, 5) is 0. The van der Waals surface area contributed by atoms with E-state index in [0.29, 0.717) is 0 Å². The first-order valence-electron chi connectivity index (χ1n) is 10.7. The molecule has 0 N–H and O–H groups in total. The molecular weight excluding hydrogens is 336 g/mol. The zero-order valence-electron chi connectivity index (χ0n) is 17.4. The molecule has 0 heteroatoms. The van der Waals surface area contributed by atoms with Gasteiger partial charge in [-0.25, -0.2) is 0 Å². The van der Waals surface area contributed by atoms with Crippen LogP contribution in [0.25, 0.3) is 0 Å². The molecular formula is C28H32. The Labute approximate surface area is 172 Å². The lowest BCUT2D eigenvalue weighted by atomic mass is 10.1. The van der Waals surface area contributed by atoms with E-state index in [9.17, 15) is 0 Å². The zero-order valence-corrected chi connectivity index (χ0v) is 17.4. The van der Waals surface area contributed by atoms with Crippen molar-refractivity contribution >= 4 is 0 Å². The van der Waals surface area contributed by atoms with Crippen LogP contribution in [0.3, 0.4) is 0 Å². The van der Waals surface area contributed by atoms with Crippen molar-refractivity contribution in [1.82, 2.24) is 0 Å². The maximum absolute atomic E-state index is 3.17. The van der Waals surface area contributed by atoms with Crippen molar-refractivity contribution in [3.63, 3.8) is 0 Å². The van der Waals surface area contributed by atoms with Gasteiger partial charge in [-0.2, -0.15) is 0 Å². The fourth-order valence-corrected chi connectivity index (χ4v) is 3.00. The van der Waals surface area contributed by atoms with Gasteiger partial charge in [-0.3, -0.25) is 0 Å². The first kappa shape index (κ1) is 21.6. The number of rotatable bonds is 8. The van der Waals surface area contributed by atoms with Crippen LogP contribution in [0.4, 0.5) is 0 Å². The Balaban J connectivity index is 1.80. The van der Waals surface area contributed by atoms with E-state index in [1.807, 2.05) is 12.2 Å². The summed E-state index contributed by atoms with van der Waals surface area (Å²) in [6, 6.07) is 17.2. The summed E-state index contributed by atoms with van der Waals surface area (Å²) in [5.74, 6) is 12.5. The summed E-state index contributed by atoms with van der Waals surface area (Å²) >= 11 is 0. The van der Waals surface area contributed by atoms with E-state index >= 15 is 0 Å². The number of unbranched alkanes of at least 4 members (excludes halogenated alkanes) is 4. The van der Waals surface area contributed by atoms with Crippen LogP contribution in [0, 0.1) is 23.7 Å². The van der Waals surface area contributed by atoms with Gasteiger partial charge in [0.15, 0.2) is 0 Å². The normalized spacial score (nSPS) is 10.2. The Morgan fingerprint density at radius 2 is 0.964 bits per heavy atom. The molecule has 2 aromatic carbocycles. The SMILES string of the molecule is CCCCCc1ccc(C#C/C=C/C#Cc2ccc(CCCCC)cc2)cc1. The standard InChI is InChI=1S/C28H32/c1-3-5-9-13-25-17-21-27(22-18-25)15-11-7-8-12-16-28-23-19-26(20-24-28)14-10-6-4-2/h7-8,17-24H,3-6,9-10,13-14H2,1-2H3/b8-7+. The summed E-state index contributed by atoms with van der Waals surface area (Å²) in [7, 11) is 0. The molecule has 0 amide bonds. The predicted octanol–water partition coefficient (Wildman–Crippen LogP) is 7.11. The highest BCUT2D eigenvalue weighted by Gasteiger charge is 1.94. The third-order valence-electron chi connectivity index (χ3n) is 4.73. The van der Waals surface area contributed by atoms with Crippen LogP contribution in [0.5, 0.6) is 0 Å². The first-order chi connectivity index (χ1) is 13.8. The second kappa shape index (κ2) is 13.5. The van der Waals surface area contributed by atoms with E-state index in [-0.39, 0.29) is 0 Å². The molecule has 0 atom stereocenters. The predicted molar refractivity (Wildman–Crippen MR) is 122 cm³/mol. The van der Waals surface area contributed by atoms with E-state index in [1.54, 1.807) is 0 Å². The fraction of sp³-hybridized carbons (Fsp3) is 0.357. The lowest BCUT2D eigenvalue weighted by Gasteiger charge is -2.00. The Hall–Kier alpha value is -2.70. The summed E-state index contributed by atoms with van der Waals surface area (Å²) in [5.41, 5.74) is 4.90. The fourth-order valence-electron chi connectivity index (χ4n) is 3.00. The average molecular weight is 369 g/mol. The average Bonchev–Trinajstić information content (AvgIpc) is 2.73. The van der Waals surface area contributed by atoms with Gasteiger partial charge in [0.1, 0.15) is 0 Å². The molecule has 0 aliphatic carbocycles. The van der Waals surface area contributed by atoms with Gasteiger partial charge in [0.25, 0.3) is 0 Å². The van der Waals surface area contributed by atoms with Gasteiger partial charge in [0, 0.05) is 11.1 Å². The molecule has 0 spiro atoms. The van der Waals surface area contributed by atoms with E-state index < -0.39 is 0 Å². The van der Waals surface area contributed by atoms with Gasteiger partial charge in [0.2, 0.25) is 0 Å². The van der Waals surface area contributed by atoms with E-state index in [1.165, 1.54) is 49.7 Å². The molecule has 28 heavy (non-hydrogen) atoms. The largest absolute Gasteiger partial charge is 0.0689 e. The highest BCUT2D eigenvalue weighted by Crippen LogP contribution is 2.09. The Morgan fingerprint density at radius 3 is 1.32 bits per heavy atom. The minimum Gasteiger partial charge on any atom is -0.0689 e. The number of aryl methyl sites for hydroxylation is 2. The van der Waals surface area contributed by atoms with Crippen molar-refractivity contribution < 1.29 is 0 Å². The first-order valence-corrected chi connectivity index (χ1v) is 10.7. The maximum Gasteiger partial charge on any atom is 0.0249 e. The Kier molecular flexibility index (Phi) is 10.4. The monoisotopic (exact) mass is 368 g/mol. The number of allylic oxidation sites excluding steroid dienone is 2. The molecule has 0 aromatic heterocycles. The quantitative estimate of drug-likeness (QED) is 0.344. The molecule has 0 fully saturated rings. The molecule has 0 saturated carbocycles. The van der Waals surface area contributed by atoms with Crippen LogP contribution in [0.2, 0.25) is 0 Å². The van der Waals surface area contributed by atoms with Crippen LogP contribution in [-0.4, -0.2) is 0 Å². The molecule has 144 valence electrons. The minimum atomic E-state index is 1.05. The summed E-state index contributed by atoms with van der Waals surface area (Å²) < 4.78 is 0. The van der Waals surface area contributed by atoms with Gasteiger partial charge >= 0.3 is 0 Å².